The van der Waals surface area contributed by atoms with Crippen LogP contribution in [-0.2, 0) is 33.2 Å². The molecule has 0 aromatic carbocycles. The van der Waals surface area contributed by atoms with E-state index in [0.29, 0.717) is 6.42 Å². The van der Waals surface area contributed by atoms with Gasteiger partial charge in [0.2, 0.25) is 5.91 Å². The molecular weight excluding hydrogens is 1180 g/mol. The molecule has 0 aliphatic carbocycles. The van der Waals surface area contributed by atoms with Crippen LogP contribution in [0.15, 0.2) is 85.1 Å². The second-order valence-corrected chi connectivity index (χ2v) is 25.3. The van der Waals surface area contributed by atoms with E-state index < -0.39 is 124 Å². The zero-order chi connectivity index (χ0) is 66.8. The van der Waals surface area contributed by atoms with Gasteiger partial charge in [-0.1, -0.05) is 247 Å². The maximum Gasteiger partial charge on any atom is 0.220 e. The summed E-state index contributed by atoms with van der Waals surface area (Å²) in [6.07, 6.45) is 43.8. The second kappa shape index (κ2) is 54.0. The van der Waals surface area contributed by atoms with E-state index in [1.807, 2.05) is 6.08 Å². The number of aliphatic hydroxyl groups excluding tert-OH is 11. The number of hydrogen-bond acceptors (Lipinski definition) is 18. The number of aliphatic hydroxyl groups is 11. The Morgan fingerprint density at radius 3 is 1.17 bits per heavy atom. The summed E-state index contributed by atoms with van der Waals surface area (Å²) in [5.41, 5.74) is 0. The Morgan fingerprint density at radius 2 is 0.750 bits per heavy atom. The number of rotatable bonds is 54. The Morgan fingerprint density at radius 1 is 0.402 bits per heavy atom. The Labute approximate surface area is 552 Å². The summed E-state index contributed by atoms with van der Waals surface area (Å²) in [6.45, 7) is 1.51. The van der Waals surface area contributed by atoms with E-state index in [0.717, 1.165) is 89.9 Å². The van der Waals surface area contributed by atoms with Gasteiger partial charge < -0.3 is 89.9 Å². The molecule has 0 aromatic heterocycles. The molecule has 3 rings (SSSR count). The van der Waals surface area contributed by atoms with Crippen molar-refractivity contribution in [2.45, 2.75) is 343 Å². The van der Waals surface area contributed by atoms with E-state index in [-0.39, 0.29) is 18.9 Å². The van der Waals surface area contributed by atoms with Gasteiger partial charge in [-0.05, 0) is 70.6 Å². The molecule has 17 atom stereocenters. The van der Waals surface area contributed by atoms with Gasteiger partial charge in [0.05, 0.1) is 38.6 Å². The Kier molecular flexibility index (Phi) is 48.9. The minimum Gasteiger partial charge on any atom is -0.394 e. The quantitative estimate of drug-likeness (QED) is 0.0199. The first-order valence-electron chi connectivity index (χ1n) is 35.8. The SMILES string of the molecule is CC/C=C\C/C=C\C/C=C\C/C=C\C/C=C\C/C=C\CCCCCCCCCCCCCCCCCCCCCCCCC(=O)NC(COC1OC(CO)C(OC2OC(CO)C(OC3OC(CO)C(O)C(O)C3O)C(O)C2O)C(O)C1O)C(O)/C=C/CCCCCC. The lowest BCUT2D eigenvalue weighted by molar-refractivity contribution is -0.379. The number of unbranched alkanes of at least 4 members (excludes halogenated alkanes) is 26. The average Bonchev–Trinajstić information content (AvgIpc) is 0.817. The molecule has 0 aromatic rings. The van der Waals surface area contributed by atoms with E-state index >= 15 is 0 Å². The van der Waals surface area contributed by atoms with Crippen molar-refractivity contribution in [3.8, 4) is 0 Å². The molecule has 19 heteroatoms. The molecule has 0 bridgehead atoms. The van der Waals surface area contributed by atoms with Crippen molar-refractivity contribution in [3.63, 3.8) is 0 Å². The number of allylic oxidation sites excluding steroid dienone is 13. The van der Waals surface area contributed by atoms with Crippen LogP contribution in [0.4, 0.5) is 0 Å². The summed E-state index contributed by atoms with van der Waals surface area (Å²) in [7, 11) is 0. The number of ether oxygens (including phenoxy) is 6. The Bertz CT molecular complexity index is 2000. The van der Waals surface area contributed by atoms with Gasteiger partial charge in [0, 0.05) is 6.42 Å². The summed E-state index contributed by atoms with van der Waals surface area (Å²) < 4.78 is 34.2. The van der Waals surface area contributed by atoms with Crippen LogP contribution in [0.25, 0.3) is 0 Å². The summed E-state index contributed by atoms with van der Waals surface area (Å²) in [5, 5.41) is 120. The molecule has 1 amide bonds. The molecule has 3 aliphatic rings. The average molecular weight is 1310 g/mol. The highest BCUT2D eigenvalue weighted by molar-refractivity contribution is 5.76. The van der Waals surface area contributed by atoms with Gasteiger partial charge in [0.1, 0.15) is 73.2 Å². The van der Waals surface area contributed by atoms with Crippen LogP contribution in [0.2, 0.25) is 0 Å². The zero-order valence-corrected chi connectivity index (χ0v) is 56.3. The first-order valence-corrected chi connectivity index (χ1v) is 35.8. The van der Waals surface area contributed by atoms with Crippen LogP contribution in [0.5, 0.6) is 0 Å². The van der Waals surface area contributed by atoms with Crippen molar-refractivity contribution in [3.05, 3.63) is 85.1 Å². The minimum absolute atomic E-state index is 0.242. The molecule has 0 saturated carbocycles. The van der Waals surface area contributed by atoms with Gasteiger partial charge in [-0.15, -0.1) is 0 Å². The molecule has 3 heterocycles. The van der Waals surface area contributed by atoms with Crippen LogP contribution in [0, 0.1) is 0 Å². The maximum absolute atomic E-state index is 13.3. The third-order valence-corrected chi connectivity index (χ3v) is 17.4. The molecule has 17 unspecified atom stereocenters. The van der Waals surface area contributed by atoms with Crippen LogP contribution in [-0.4, -0.2) is 193 Å². The monoisotopic (exact) mass is 1310 g/mol. The summed E-state index contributed by atoms with van der Waals surface area (Å²) in [6, 6.07) is -0.970. The first kappa shape index (κ1) is 83.2. The lowest BCUT2D eigenvalue weighted by Gasteiger charge is -2.48. The second-order valence-electron chi connectivity index (χ2n) is 25.3. The summed E-state index contributed by atoms with van der Waals surface area (Å²) in [4.78, 5) is 13.3. The number of hydrogen-bond donors (Lipinski definition) is 12. The molecule has 12 N–H and O–H groups in total. The maximum atomic E-state index is 13.3. The van der Waals surface area contributed by atoms with Crippen LogP contribution in [0.1, 0.15) is 239 Å². The minimum atomic E-state index is -1.98. The van der Waals surface area contributed by atoms with E-state index in [4.69, 9.17) is 28.4 Å². The van der Waals surface area contributed by atoms with E-state index in [1.54, 1.807) is 6.08 Å². The van der Waals surface area contributed by atoms with Crippen LogP contribution < -0.4 is 5.32 Å². The highest BCUT2D eigenvalue weighted by Crippen LogP contribution is 2.33. The number of nitrogens with one attached hydrogen (secondary N) is 1. The molecule has 92 heavy (non-hydrogen) atoms. The number of carbonyl (C=O) groups excluding carboxylic acids is 1. The van der Waals surface area contributed by atoms with Gasteiger partial charge in [0.25, 0.3) is 0 Å². The van der Waals surface area contributed by atoms with Gasteiger partial charge in [-0.2, -0.15) is 0 Å². The largest absolute Gasteiger partial charge is 0.394 e. The molecule has 532 valence electrons. The van der Waals surface area contributed by atoms with E-state index in [1.165, 1.54) is 122 Å². The first-order chi connectivity index (χ1) is 44.8. The van der Waals surface area contributed by atoms with Crippen molar-refractivity contribution in [1.82, 2.24) is 5.32 Å². The van der Waals surface area contributed by atoms with Crippen LogP contribution in [0.3, 0.4) is 0 Å². The molecule has 19 nitrogen and oxygen atoms in total. The van der Waals surface area contributed by atoms with Gasteiger partial charge >= 0.3 is 0 Å². The molecule has 3 fully saturated rings. The van der Waals surface area contributed by atoms with Gasteiger partial charge in [0.15, 0.2) is 18.9 Å². The third kappa shape index (κ3) is 35.3. The highest BCUT2D eigenvalue weighted by Gasteiger charge is 2.53. The Hall–Kier alpha value is -3.03. The summed E-state index contributed by atoms with van der Waals surface area (Å²) >= 11 is 0. The zero-order valence-electron chi connectivity index (χ0n) is 56.3. The highest BCUT2D eigenvalue weighted by atomic mass is 16.8. The summed E-state index contributed by atoms with van der Waals surface area (Å²) in [5.74, 6) is -0.281. The fourth-order valence-corrected chi connectivity index (χ4v) is 11.7. The fourth-order valence-electron chi connectivity index (χ4n) is 11.7. The normalized spacial score (nSPS) is 28.2. The third-order valence-electron chi connectivity index (χ3n) is 17.4. The lowest BCUT2D eigenvalue weighted by atomic mass is 9.96. The fraction of sp³-hybridized carbons (Fsp3) is 0.795. The van der Waals surface area contributed by atoms with Crippen molar-refractivity contribution < 1.29 is 89.4 Å². The topological polar surface area (TPSA) is 307 Å². The standard InChI is InChI=1S/C73H127NO18/c1-3-5-7-9-11-12-13-14-15-16-17-18-19-20-21-22-23-24-25-26-27-28-29-30-31-32-33-34-35-36-37-38-39-40-41-42-43-44-45-47-49-51-61(79)74-56(57(78)50-48-46-10-8-6-4-2)55-87-71-67(85)64(82)69(59(53-76)89-71)92-73-68(86)65(83)70(60(54-77)90-73)91-72-66(84)63(81)62(80)58(52-75)88-72/h5,7,11-12,14-15,17-18,20-21,23-24,48,50,56-60,62-73,75-78,80-86H,3-4,6,8-10,13,16,19,22,25-47,49,51-55H2,1-2H3,(H,74,79)/b7-5-,12-11-,15-14-,18-17-,21-20-,24-23-,50-48+. The van der Waals surface area contributed by atoms with Gasteiger partial charge in [-0.25, -0.2) is 0 Å². The predicted molar refractivity (Wildman–Crippen MR) is 360 cm³/mol. The smallest absolute Gasteiger partial charge is 0.220 e. The van der Waals surface area contributed by atoms with Crippen LogP contribution >= 0.6 is 0 Å². The van der Waals surface area contributed by atoms with Crippen molar-refractivity contribution >= 4 is 5.91 Å². The molecule has 0 radical (unpaired) electrons. The molecule has 3 saturated heterocycles. The lowest BCUT2D eigenvalue weighted by Crippen LogP contribution is -2.66. The van der Waals surface area contributed by atoms with Crippen molar-refractivity contribution in [2.24, 2.45) is 0 Å². The predicted octanol–water partition coefficient (Wildman–Crippen LogP) is 9.88. The van der Waals surface area contributed by atoms with Gasteiger partial charge in [-0.3, -0.25) is 4.79 Å². The molecule has 0 spiro atoms. The van der Waals surface area contributed by atoms with Crippen molar-refractivity contribution in [1.29, 1.82) is 0 Å². The number of amides is 1. The Balaban J connectivity index is 1.22. The molecular formula is C73H127NO18. The van der Waals surface area contributed by atoms with E-state index in [2.05, 4.69) is 92.1 Å². The van der Waals surface area contributed by atoms with E-state index in [9.17, 15) is 61.0 Å². The molecule has 3 aliphatic heterocycles. The number of carbonyl (C=O) groups is 1. The van der Waals surface area contributed by atoms with Crippen molar-refractivity contribution in [2.75, 3.05) is 26.4 Å².